The molecule has 210 valence electrons. The van der Waals surface area contributed by atoms with Crippen LogP contribution in [0.2, 0.25) is 0 Å². The van der Waals surface area contributed by atoms with E-state index in [1.807, 2.05) is 17.3 Å². The highest BCUT2D eigenvalue weighted by atomic mass is 19.1. The van der Waals surface area contributed by atoms with Crippen molar-refractivity contribution in [3.05, 3.63) is 59.3 Å². The standard InChI is InChI=1S/C32H38FN5O2/c1-20-15-34-16-29-31(20)24(12-22-7-10-36(18-22)17-21-2-5-30(39)35-9-6-21)19-38(29)27-4-3-25(33)14-26(27)32(40)37-11-8-23-13-28(23)37/h3-4,14-16,19,21-23,28H,2,5-13,17-18H2,1H3,(H,35,39)/t21-,22-,23?,28?/m0/s1. The number of carbonyl (C=O) groups excluding carboxylic acids is 2. The molecular formula is C32H38FN5O2. The van der Waals surface area contributed by atoms with Gasteiger partial charge in [-0.25, -0.2) is 4.39 Å². The number of benzene rings is 1. The van der Waals surface area contributed by atoms with Gasteiger partial charge < -0.3 is 19.7 Å². The van der Waals surface area contributed by atoms with Crippen molar-refractivity contribution in [1.82, 2.24) is 24.7 Å². The zero-order chi connectivity index (χ0) is 27.4. The second-order valence-electron chi connectivity index (χ2n) is 12.5. The van der Waals surface area contributed by atoms with Crippen LogP contribution in [0, 0.1) is 30.5 Å². The van der Waals surface area contributed by atoms with E-state index in [2.05, 4.69) is 32.9 Å². The van der Waals surface area contributed by atoms with E-state index >= 15 is 0 Å². The summed E-state index contributed by atoms with van der Waals surface area (Å²) in [5.74, 6) is 1.48. The molecule has 40 heavy (non-hydrogen) atoms. The number of hydrogen-bond donors (Lipinski definition) is 1. The predicted octanol–water partition coefficient (Wildman–Crippen LogP) is 4.49. The highest BCUT2D eigenvalue weighted by Crippen LogP contribution is 2.45. The lowest BCUT2D eigenvalue weighted by molar-refractivity contribution is -0.120. The summed E-state index contributed by atoms with van der Waals surface area (Å²) in [5, 5.41) is 4.19. The lowest BCUT2D eigenvalue weighted by atomic mass is 9.97. The average molecular weight is 544 g/mol. The molecule has 4 aliphatic rings. The molecule has 8 heteroatoms. The van der Waals surface area contributed by atoms with E-state index in [0.29, 0.717) is 35.8 Å². The van der Waals surface area contributed by atoms with Crippen molar-refractivity contribution in [2.75, 3.05) is 32.7 Å². The van der Waals surface area contributed by atoms with Crippen LogP contribution in [-0.4, -0.2) is 69.9 Å². The number of amides is 2. The Balaban J connectivity index is 1.15. The van der Waals surface area contributed by atoms with Crippen molar-refractivity contribution in [2.45, 2.75) is 57.9 Å². The largest absolute Gasteiger partial charge is 0.356 e. The first kappa shape index (κ1) is 25.7. The highest BCUT2D eigenvalue weighted by molar-refractivity contribution is 5.99. The van der Waals surface area contributed by atoms with Crippen LogP contribution in [0.1, 0.15) is 60.0 Å². The maximum atomic E-state index is 14.5. The average Bonchev–Trinajstić information content (AvgIpc) is 3.25. The molecule has 3 aromatic rings. The zero-order valence-electron chi connectivity index (χ0n) is 23.2. The Morgan fingerprint density at radius 2 is 2.02 bits per heavy atom. The summed E-state index contributed by atoms with van der Waals surface area (Å²) in [5.41, 5.74) is 4.50. The minimum absolute atomic E-state index is 0.0645. The lowest BCUT2D eigenvalue weighted by Crippen LogP contribution is -2.31. The summed E-state index contributed by atoms with van der Waals surface area (Å²) in [6, 6.07) is 4.94. The Morgan fingerprint density at radius 3 is 2.85 bits per heavy atom. The van der Waals surface area contributed by atoms with Gasteiger partial charge in [0, 0.05) is 56.4 Å². The Kier molecular flexibility index (Phi) is 6.61. The molecule has 0 radical (unpaired) electrons. The first-order valence-corrected chi connectivity index (χ1v) is 15.0. The highest BCUT2D eigenvalue weighted by Gasteiger charge is 2.49. The molecule has 7 nitrogen and oxygen atoms in total. The Bertz CT molecular complexity index is 1470. The second kappa shape index (κ2) is 10.3. The van der Waals surface area contributed by atoms with Crippen molar-refractivity contribution >= 4 is 22.7 Å². The number of fused-ring (bicyclic) bond motifs is 2. The van der Waals surface area contributed by atoms with E-state index in [-0.39, 0.29) is 17.6 Å². The van der Waals surface area contributed by atoms with E-state index in [1.165, 1.54) is 23.1 Å². The third-order valence-corrected chi connectivity index (χ3v) is 9.77. The van der Waals surface area contributed by atoms with E-state index < -0.39 is 0 Å². The molecule has 4 atom stereocenters. The number of aryl methyl sites for hydroxylation is 1. The fraction of sp³-hybridized carbons (Fsp3) is 0.531. The fourth-order valence-corrected chi connectivity index (χ4v) is 7.57. The number of carbonyl (C=O) groups is 2. The number of nitrogens with zero attached hydrogens (tertiary/aromatic N) is 4. The van der Waals surface area contributed by atoms with Crippen LogP contribution in [0.25, 0.3) is 16.6 Å². The molecule has 3 aliphatic heterocycles. The summed E-state index contributed by atoms with van der Waals surface area (Å²) < 4.78 is 16.6. The van der Waals surface area contributed by atoms with Crippen LogP contribution in [0.5, 0.6) is 0 Å². The molecule has 1 N–H and O–H groups in total. The Morgan fingerprint density at radius 1 is 1.12 bits per heavy atom. The summed E-state index contributed by atoms with van der Waals surface area (Å²) in [6.45, 7) is 6.87. The number of halogens is 1. The molecule has 3 saturated heterocycles. The maximum Gasteiger partial charge on any atom is 0.256 e. The molecule has 0 spiro atoms. The number of piperidine rings is 1. The zero-order valence-corrected chi connectivity index (χ0v) is 23.2. The van der Waals surface area contributed by atoms with Gasteiger partial charge in [0.1, 0.15) is 5.82 Å². The summed E-state index contributed by atoms with van der Waals surface area (Å²) in [7, 11) is 0. The third-order valence-electron chi connectivity index (χ3n) is 9.77. The summed E-state index contributed by atoms with van der Waals surface area (Å²) in [6.07, 6.45) is 12.9. The van der Waals surface area contributed by atoms with Crippen molar-refractivity contribution in [3.63, 3.8) is 0 Å². The fourth-order valence-electron chi connectivity index (χ4n) is 7.57. The first-order valence-electron chi connectivity index (χ1n) is 15.0. The lowest BCUT2D eigenvalue weighted by Gasteiger charge is -2.22. The quantitative estimate of drug-likeness (QED) is 0.498. The van der Waals surface area contributed by atoms with Gasteiger partial charge in [0.15, 0.2) is 0 Å². The van der Waals surface area contributed by atoms with Crippen molar-refractivity contribution in [1.29, 1.82) is 0 Å². The minimum atomic E-state index is -0.385. The van der Waals surface area contributed by atoms with Gasteiger partial charge in [0.25, 0.3) is 5.91 Å². The van der Waals surface area contributed by atoms with E-state index in [9.17, 15) is 14.0 Å². The summed E-state index contributed by atoms with van der Waals surface area (Å²) >= 11 is 0. The molecule has 0 bridgehead atoms. The number of aromatic nitrogens is 2. The SMILES string of the molecule is Cc1cncc2c1c(C[C@@H]1CCN(C[C@@H]3CCNC(=O)CC3)C1)cn2-c1ccc(F)cc1C(=O)N1CCC2CC21. The number of hydrogen-bond acceptors (Lipinski definition) is 4. The van der Waals surface area contributed by atoms with Gasteiger partial charge in [-0.2, -0.15) is 0 Å². The molecule has 2 amide bonds. The third kappa shape index (κ3) is 4.80. The van der Waals surface area contributed by atoms with Crippen LogP contribution in [0.15, 0.2) is 36.8 Å². The minimum Gasteiger partial charge on any atom is -0.356 e. The van der Waals surface area contributed by atoms with Gasteiger partial charge in [0.05, 0.1) is 23.0 Å². The molecule has 7 rings (SSSR count). The number of rotatable bonds is 6. The molecule has 1 saturated carbocycles. The van der Waals surface area contributed by atoms with Crippen LogP contribution in [0.4, 0.5) is 4.39 Å². The van der Waals surface area contributed by atoms with Crippen LogP contribution >= 0.6 is 0 Å². The molecule has 2 unspecified atom stereocenters. The predicted molar refractivity (Wildman–Crippen MR) is 152 cm³/mol. The van der Waals surface area contributed by atoms with Crippen LogP contribution < -0.4 is 5.32 Å². The molecule has 2 aromatic heterocycles. The van der Waals surface area contributed by atoms with Crippen molar-refractivity contribution in [3.8, 4) is 5.69 Å². The number of pyridine rings is 1. The first-order chi connectivity index (χ1) is 19.4. The van der Waals surface area contributed by atoms with Gasteiger partial charge >= 0.3 is 0 Å². The van der Waals surface area contributed by atoms with E-state index in [0.717, 1.165) is 88.0 Å². The van der Waals surface area contributed by atoms with E-state index in [1.54, 1.807) is 6.07 Å². The molecule has 5 heterocycles. The van der Waals surface area contributed by atoms with E-state index in [4.69, 9.17) is 0 Å². The molecular weight excluding hydrogens is 505 g/mol. The van der Waals surface area contributed by atoms with Gasteiger partial charge in [0.2, 0.25) is 5.91 Å². The maximum absolute atomic E-state index is 14.5. The number of likely N-dealkylation sites (tertiary alicyclic amines) is 2. The van der Waals surface area contributed by atoms with Crippen LogP contribution in [0.3, 0.4) is 0 Å². The van der Waals surface area contributed by atoms with Gasteiger partial charge in [-0.3, -0.25) is 14.6 Å². The van der Waals surface area contributed by atoms with Crippen molar-refractivity contribution in [2.24, 2.45) is 17.8 Å². The topological polar surface area (TPSA) is 70.5 Å². The summed E-state index contributed by atoms with van der Waals surface area (Å²) in [4.78, 5) is 34.4. The number of nitrogens with one attached hydrogen (secondary N) is 1. The molecule has 1 aromatic carbocycles. The van der Waals surface area contributed by atoms with Gasteiger partial charge in [-0.05, 0) is 99.1 Å². The molecule has 1 aliphatic carbocycles. The Hall–Kier alpha value is -3.26. The monoisotopic (exact) mass is 543 g/mol. The van der Waals surface area contributed by atoms with Gasteiger partial charge in [-0.15, -0.1) is 0 Å². The smallest absolute Gasteiger partial charge is 0.256 e. The van der Waals surface area contributed by atoms with Crippen molar-refractivity contribution < 1.29 is 14.0 Å². The second-order valence-corrected chi connectivity index (χ2v) is 12.5. The van der Waals surface area contributed by atoms with Gasteiger partial charge in [-0.1, -0.05) is 0 Å². The molecule has 4 fully saturated rings. The van der Waals surface area contributed by atoms with Crippen LogP contribution in [-0.2, 0) is 11.2 Å². The normalized spacial score (nSPS) is 26.6. The Labute approximate surface area is 234 Å².